The predicted octanol–water partition coefficient (Wildman–Crippen LogP) is 5.32. The molecule has 0 aromatic rings. The minimum absolute atomic E-state index is 0.0147. The van der Waals surface area contributed by atoms with Gasteiger partial charge in [-0.1, -0.05) is 53.0 Å². The maximum atomic E-state index is 12.7. The minimum atomic E-state index is -2.04. The Labute approximate surface area is 194 Å². The molecule has 2 heterocycles. The third kappa shape index (κ3) is 4.36. The molecule has 6 nitrogen and oxygen atoms in total. The van der Waals surface area contributed by atoms with Crippen molar-refractivity contribution in [1.82, 2.24) is 0 Å². The van der Waals surface area contributed by atoms with Crippen LogP contribution < -0.4 is 0 Å². The Balaban J connectivity index is 1.55. The Hall–Kier alpha value is -0.733. The predicted molar refractivity (Wildman–Crippen MR) is 125 cm³/mol. The summed E-state index contributed by atoms with van der Waals surface area (Å²) in [5.74, 6) is 0.160. The number of fused-ring (bicyclic) bond motifs is 4. The van der Waals surface area contributed by atoms with E-state index in [4.69, 9.17) is 23.4 Å². The van der Waals surface area contributed by atoms with Crippen LogP contribution in [0.4, 0.5) is 0 Å². The van der Waals surface area contributed by atoms with Gasteiger partial charge in [0, 0.05) is 19.4 Å². The zero-order valence-corrected chi connectivity index (χ0v) is 21.6. The highest BCUT2D eigenvalue weighted by molar-refractivity contribution is 6.75. The van der Waals surface area contributed by atoms with Crippen LogP contribution in [-0.2, 0) is 28.2 Å². The van der Waals surface area contributed by atoms with Crippen molar-refractivity contribution in [1.29, 1.82) is 0 Å². The number of rotatable bonds is 9. The molecule has 0 aromatic heterocycles. The molecule has 32 heavy (non-hydrogen) atoms. The third-order valence-electron chi connectivity index (χ3n) is 8.59. The fraction of sp³-hybridized carbons (Fsp3) is 0.880. The van der Waals surface area contributed by atoms with Crippen LogP contribution in [0.3, 0.4) is 0 Å². The lowest BCUT2D eigenvalue weighted by Crippen LogP contribution is -2.60. The zero-order valence-electron chi connectivity index (χ0n) is 20.6. The average Bonchev–Trinajstić information content (AvgIpc) is 3.36. The Morgan fingerprint density at radius 1 is 1.19 bits per heavy atom. The summed E-state index contributed by atoms with van der Waals surface area (Å²) in [6.45, 7) is 9.43. The topological polar surface area (TPSA) is 63.2 Å². The smallest absolute Gasteiger partial charge is 0.309 e. The van der Waals surface area contributed by atoms with Gasteiger partial charge in [-0.05, 0) is 42.5 Å². The fourth-order valence-electron chi connectivity index (χ4n) is 6.45. The SMILES string of the molecule is CC[Si](CC)(O[C@]12C[C@@H](OC)O[C@H]1O[C@@H]1C=C(COC(=O)C3CCCCC3)[C@H]2C1)C(C)C. The Morgan fingerprint density at radius 2 is 1.91 bits per heavy atom. The number of methoxy groups -OCH3 is 1. The first-order valence-electron chi connectivity index (χ1n) is 12.8. The summed E-state index contributed by atoms with van der Waals surface area (Å²) in [6.07, 6.45) is 8.29. The van der Waals surface area contributed by atoms with Gasteiger partial charge in [-0.15, -0.1) is 0 Å². The molecule has 0 radical (unpaired) electrons. The van der Waals surface area contributed by atoms with Gasteiger partial charge in [0.1, 0.15) is 12.2 Å². The summed E-state index contributed by atoms with van der Waals surface area (Å²) in [7, 11) is -0.353. The first-order valence-corrected chi connectivity index (χ1v) is 15.2. The Kier molecular flexibility index (Phi) is 7.52. The molecule has 2 aliphatic carbocycles. The van der Waals surface area contributed by atoms with E-state index in [1.54, 1.807) is 7.11 Å². The van der Waals surface area contributed by atoms with E-state index in [2.05, 4.69) is 33.8 Å². The molecule has 5 atom stereocenters. The molecular weight excluding hydrogens is 424 g/mol. The van der Waals surface area contributed by atoms with Gasteiger partial charge in [-0.2, -0.15) is 0 Å². The highest BCUT2D eigenvalue weighted by atomic mass is 28.4. The van der Waals surface area contributed by atoms with E-state index in [-0.39, 0.29) is 30.2 Å². The highest BCUT2D eigenvalue weighted by Crippen LogP contribution is 2.55. The van der Waals surface area contributed by atoms with E-state index < -0.39 is 20.2 Å². The maximum absolute atomic E-state index is 12.7. The quantitative estimate of drug-likeness (QED) is 0.260. The van der Waals surface area contributed by atoms with Gasteiger partial charge in [0.05, 0.1) is 12.0 Å². The van der Waals surface area contributed by atoms with Crippen molar-refractivity contribution in [2.75, 3.05) is 13.7 Å². The number of esters is 1. The zero-order chi connectivity index (χ0) is 22.9. The summed E-state index contributed by atoms with van der Waals surface area (Å²) >= 11 is 0. The molecule has 4 rings (SSSR count). The van der Waals surface area contributed by atoms with E-state index >= 15 is 0 Å². The molecule has 0 aromatic carbocycles. The van der Waals surface area contributed by atoms with Crippen LogP contribution in [0.1, 0.15) is 72.6 Å². The van der Waals surface area contributed by atoms with Crippen LogP contribution >= 0.6 is 0 Å². The summed E-state index contributed by atoms with van der Waals surface area (Å²) in [6, 6.07) is 2.11. The molecule has 2 saturated heterocycles. The number of hydrogen-bond donors (Lipinski definition) is 0. The monoisotopic (exact) mass is 466 g/mol. The van der Waals surface area contributed by atoms with Crippen molar-refractivity contribution in [3.05, 3.63) is 11.6 Å². The minimum Gasteiger partial charge on any atom is -0.461 e. The van der Waals surface area contributed by atoms with Crippen molar-refractivity contribution in [2.24, 2.45) is 11.8 Å². The second-order valence-corrected chi connectivity index (χ2v) is 15.4. The van der Waals surface area contributed by atoms with E-state index in [1.165, 1.54) is 6.42 Å². The van der Waals surface area contributed by atoms with E-state index in [9.17, 15) is 4.79 Å². The fourth-order valence-corrected chi connectivity index (χ4v) is 10.2. The van der Waals surface area contributed by atoms with Gasteiger partial charge in [-0.3, -0.25) is 4.79 Å². The van der Waals surface area contributed by atoms with Gasteiger partial charge in [0.2, 0.25) is 0 Å². The van der Waals surface area contributed by atoms with Crippen LogP contribution in [0.2, 0.25) is 17.6 Å². The summed E-state index contributed by atoms with van der Waals surface area (Å²) in [5, 5.41) is 0. The van der Waals surface area contributed by atoms with Crippen molar-refractivity contribution >= 4 is 14.3 Å². The molecule has 1 saturated carbocycles. The van der Waals surface area contributed by atoms with E-state index in [1.807, 2.05) is 0 Å². The number of ether oxygens (including phenoxy) is 4. The van der Waals surface area contributed by atoms with Gasteiger partial charge in [0.25, 0.3) is 0 Å². The number of hydrogen-bond acceptors (Lipinski definition) is 6. The van der Waals surface area contributed by atoms with Crippen LogP contribution in [0.5, 0.6) is 0 Å². The molecular formula is C25H42O6Si. The van der Waals surface area contributed by atoms with Crippen molar-refractivity contribution in [3.63, 3.8) is 0 Å². The lowest BCUT2D eigenvalue weighted by Gasteiger charge is -2.50. The molecule has 4 aliphatic rings. The molecule has 0 N–H and O–H groups in total. The molecule has 0 spiro atoms. The molecule has 3 fully saturated rings. The molecule has 0 amide bonds. The number of carbonyl (C=O) groups is 1. The average molecular weight is 467 g/mol. The summed E-state index contributed by atoms with van der Waals surface area (Å²) in [4.78, 5) is 12.7. The number of carbonyl (C=O) groups excluding carboxylic acids is 1. The van der Waals surface area contributed by atoms with Crippen LogP contribution in [0.15, 0.2) is 11.6 Å². The largest absolute Gasteiger partial charge is 0.461 e. The summed E-state index contributed by atoms with van der Waals surface area (Å²) in [5.41, 5.74) is 1.06. The third-order valence-corrected chi connectivity index (χ3v) is 13.9. The highest BCUT2D eigenvalue weighted by Gasteiger charge is 2.64. The van der Waals surface area contributed by atoms with E-state index in [0.717, 1.165) is 49.8 Å². The first kappa shape index (κ1) is 24.4. The van der Waals surface area contributed by atoms with Gasteiger partial charge in [0.15, 0.2) is 20.9 Å². The van der Waals surface area contributed by atoms with Crippen molar-refractivity contribution in [3.8, 4) is 0 Å². The second-order valence-electron chi connectivity index (χ2n) is 10.5. The van der Waals surface area contributed by atoms with E-state index in [0.29, 0.717) is 18.6 Å². The Bertz CT molecular complexity index is 699. The maximum Gasteiger partial charge on any atom is 0.309 e. The van der Waals surface area contributed by atoms with Gasteiger partial charge >= 0.3 is 5.97 Å². The van der Waals surface area contributed by atoms with Crippen LogP contribution in [-0.4, -0.2) is 52.3 Å². The molecule has 0 unspecified atom stereocenters. The van der Waals surface area contributed by atoms with Crippen LogP contribution in [0.25, 0.3) is 0 Å². The standard InChI is InChI=1S/C25H42O6Si/c1-6-32(7-2,17(3)4)31-25-15-22(27-5)30-24(25)29-20-13-19(21(25)14-20)16-28-23(26)18-11-9-8-10-12-18/h13,17-18,20-22,24H,6-12,14-16H2,1-5H3/t20-,21-,22+,24-,25+/m1/s1. The van der Waals surface area contributed by atoms with Crippen molar-refractivity contribution < 1.29 is 28.2 Å². The normalized spacial score (nSPS) is 35.1. The molecule has 2 bridgehead atoms. The second kappa shape index (κ2) is 9.86. The van der Waals surface area contributed by atoms with Crippen LogP contribution in [0, 0.1) is 11.8 Å². The lowest BCUT2D eigenvalue weighted by molar-refractivity contribution is -0.261. The van der Waals surface area contributed by atoms with Gasteiger partial charge < -0.3 is 23.4 Å². The molecule has 7 heteroatoms. The first-order chi connectivity index (χ1) is 15.4. The Morgan fingerprint density at radius 3 is 2.53 bits per heavy atom. The lowest BCUT2D eigenvalue weighted by atomic mass is 9.79. The van der Waals surface area contributed by atoms with Crippen molar-refractivity contribution in [2.45, 2.75) is 115 Å². The molecule has 182 valence electrons. The van der Waals surface area contributed by atoms with Gasteiger partial charge in [-0.25, -0.2) is 0 Å². The summed E-state index contributed by atoms with van der Waals surface area (Å²) < 4.78 is 31.4. The molecule has 2 aliphatic heterocycles.